The maximum absolute atomic E-state index is 5.73. The fraction of sp³-hybridized carbons (Fsp3) is 0.471. The lowest BCUT2D eigenvalue weighted by Gasteiger charge is -2.26. The molecule has 3 rings (SSSR count). The number of hydrogen-bond acceptors (Lipinski definition) is 3. The number of benzene rings is 1. The van der Waals surface area contributed by atoms with Crippen molar-refractivity contribution in [3.8, 4) is 5.75 Å². The van der Waals surface area contributed by atoms with Crippen molar-refractivity contribution in [3.63, 3.8) is 0 Å². The van der Waals surface area contributed by atoms with E-state index in [2.05, 4.69) is 46.2 Å². The highest BCUT2D eigenvalue weighted by molar-refractivity contribution is 5.37. The van der Waals surface area contributed by atoms with Crippen LogP contribution in [0.5, 0.6) is 5.75 Å². The molecule has 0 saturated carbocycles. The summed E-state index contributed by atoms with van der Waals surface area (Å²) in [5.74, 6) is 1.56. The number of likely N-dealkylation sites (N-methyl/N-ethyl adjacent to an activating group) is 1. The van der Waals surface area contributed by atoms with E-state index in [9.17, 15) is 0 Å². The summed E-state index contributed by atoms with van der Waals surface area (Å²) in [6.07, 6.45) is 6.20. The summed E-state index contributed by atoms with van der Waals surface area (Å²) < 4.78 is 7.95. The molecule has 1 aromatic carbocycles. The van der Waals surface area contributed by atoms with Crippen LogP contribution in [-0.4, -0.2) is 29.2 Å². The minimum absolute atomic E-state index is 0.519. The second-order valence-corrected chi connectivity index (χ2v) is 5.54. The lowest BCUT2D eigenvalue weighted by molar-refractivity contribution is 0.259. The monoisotopic (exact) mass is 285 g/mol. The molecule has 21 heavy (non-hydrogen) atoms. The van der Waals surface area contributed by atoms with E-state index < -0.39 is 0 Å². The molecule has 0 saturated heterocycles. The molecule has 1 atom stereocenters. The van der Waals surface area contributed by atoms with E-state index in [1.807, 2.05) is 12.4 Å². The molecular weight excluding hydrogens is 262 g/mol. The molecule has 1 aliphatic heterocycles. The van der Waals surface area contributed by atoms with Crippen LogP contribution in [0.15, 0.2) is 36.8 Å². The zero-order valence-corrected chi connectivity index (χ0v) is 12.6. The highest BCUT2D eigenvalue weighted by atomic mass is 16.5. The summed E-state index contributed by atoms with van der Waals surface area (Å²) >= 11 is 0. The normalized spacial score (nSPS) is 17.3. The van der Waals surface area contributed by atoms with Gasteiger partial charge < -0.3 is 14.6 Å². The standard InChI is InChI=1S/C17H23N3O/c1-2-18-9-7-15-12-20(13-19-15)11-14-8-10-21-17-6-4-3-5-16(14)17/h3-6,12-14,18H,2,7-11H2,1H3. The molecule has 0 amide bonds. The van der Waals surface area contributed by atoms with E-state index in [0.717, 1.165) is 50.5 Å². The molecule has 2 heterocycles. The number of ether oxygens (including phenoxy) is 1. The largest absolute Gasteiger partial charge is 0.493 e. The van der Waals surface area contributed by atoms with Gasteiger partial charge in [-0.3, -0.25) is 0 Å². The summed E-state index contributed by atoms with van der Waals surface area (Å²) in [7, 11) is 0. The van der Waals surface area contributed by atoms with E-state index >= 15 is 0 Å². The van der Waals surface area contributed by atoms with E-state index in [1.165, 1.54) is 5.56 Å². The Kier molecular flexibility index (Phi) is 4.55. The van der Waals surface area contributed by atoms with Crippen LogP contribution in [0.3, 0.4) is 0 Å². The van der Waals surface area contributed by atoms with Crippen LogP contribution in [-0.2, 0) is 13.0 Å². The van der Waals surface area contributed by atoms with Crippen molar-refractivity contribution in [1.82, 2.24) is 14.9 Å². The molecule has 1 N–H and O–H groups in total. The van der Waals surface area contributed by atoms with Gasteiger partial charge in [-0.1, -0.05) is 25.1 Å². The number of para-hydroxylation sites is 1. The SMILES string of the molecule is CCNCCc1cn(CC2CCOc3ccccc32)cn1. The number of nitrogens with one attached hydrogen (secondary N) is 1. The Hall–Kier alpha value is -1.81. The van der Waals surface area contributed by atoms with E-state index in [4.69, 9.17) is 4.74 Å². The first-order chi connectivity index (χ1) is 10.4. The molecular formula is C17H23N3O. The first-order valence-electron chi connectivity index (χ1n) is 7.80. The Morgan fingerprint density at radius 2 is 2.29 bits per heavy atom. The zero-order valence-electron chi connectivity index (χ0n) is 12.6. The minimum atomic E-state index is 0.519. The van der Waals surface area contributed by atoms with Gasteiger partial charge in [0, 0.05) is 31.6 Å². The van der Waals surface area contributed by atoms with E-state index in [-0.39, 0.29) is 0 Å². The van der Waals surface area contributed by atoms with Gasteiger partial charge in [-0.05, 0) is 24.6 Å². The van der Waals surface area contributed by atoms with Crippen LogP contribution in [0.4, 0.5) is 0 Å². The maximum atomic E-state index is 5.73. The van der Waals surface area contributed by atoms with Gasteiger partial charge in [0.05, 0.1) is 18.6 Å². The van der Waals surface area contributed by atoms with Crippen LogP contribution >= 0.6 is 0 Å². The summed E-state index contributed by atoms with van der Waals surface area (Å²) in [5.41, 5.74) is 2.49. The second kappa shape index (κ2) is 6.76. The first-order valence-corrected chi connectivity index (χ1v) is 7.80. The molecule has 0 spiro atoms. The van der Waals surface area contributed by atoms with Gasteiger partial charge in [-0.2, -0.15) is 0 Å². The predicted octanol–water partition coefficient (Wildman–Crippen LogP) is 2.60. The van der Waals surface area contributed by atoms with Gasteiger partial charge in [-0.15, -0.1) is 0 Å². The van der Waals surface area contributed by atoms with Crippen LogP contribution in [0.2, 0.25) is 0 Å². The summed E-state index contributed by atoms with van der Waals surface area (Å²) in [4.78, 5) is 4.50. The molecule has 4 nitrogen and oxygen atoms in total. The lowest BCUT2D eigenvalue weighted by atomic mass is 9.93. The molecule has 2 aromatic rings. The Morgan fingerprint density at radius 3 is 3.19 bits per heavy atom. The Labute approximate surface area is 126 Å². The fourth-order valence-corrected chi connectivity index (χ4v) is 2.89. The molecule has 4 heteroatoms. The molecule has 112 valence electrons. The van der Waals surface area contributed by atoms with Crippen molar-refractivity contribution < 1.29 is 4.74 Å². The van der Waals surface area contributed by atoms with Gasteiger partial charge in [-0.25, -0.2) is 4.98 Å². The molecule has 0 fully saturated rings. The quantitative estimate of drug-likeness (QED) is 0.829. The number of fused-ring (bicyclic) bond motifs is 1. The number of hydrogen-bond donors (Lipinski definition) is 1. The third-order valence-electron chi connectivity index (χ3n) is 4.01. The van der Waals surface area contributed by atoms with Crippen molar-refractivity contribution >= 4 is 0 Å². The van der Waals surface area contributed by atoms with Crippen molar-refractivity contribution in [2.75, 3.05) is 19.7 Å². The van der Waals surface area contributed by atoms with Gasteiger partial charge in [0.15, 0.2) is 0 Å². The summed E-state index contributed by atoms with van der Waals surface area (Å²) in [6.45, 7) is 5.92. The minimum Gasteiger partial charge on any atom is -0.493 e. The third-order valence-corrected chi connectivity index (χ3v) is 4.01. The topological polar surface area (TPSA) is 39.1 Å². The van der Waals surface area contributed by atoms with Crippen molar-refractivity contribution in [1.29, 1.82) is 0 Å². The number of aromatic nitrogens is 2. The average molecular weight is 285 g/mol. The zero-order chi connectivity index (χ0) is 14.5. The van der Waals surface area contributed by atoms with Crippen LogP contribution in [0, 0.1) is 0 Å². The van der Waals surface area contributed by atoms with E-state index in [0.29, 0.717) is 5.92 Å². The van der Waals surface area contributed by atoms with E-state index in [1.54, 1.807) is 0 Å². The summed E-state index contributed by atoms with van der Waals surface area (Å²) in [6, 6.07) is 8.38. The van der Waals surface area contributed by atoms with Gasteiger partial charge >= 0.3 is 0 Å². The number of rotatable bonds is 6. The van der Waals surface area contributed by atoms with Crippen molar-refractivity contribution in [3.05, 3.63) is 48.0 Å². The van der Waals surface area contributed by atoms with Crippen LogP contribution < -0.4 is 10.1 Å². The van der Waals surface area contributed by atoms with Crippen LogP contribution in [0.1, 0.15) is 30.5 Å². The molecule has 0 bridgehead atoms. The van der Waals surface area contributed by atoms with Crippen molar-refractivity contribution in [2.45, 2.75) is 32.2 Å². The Morgan fingerprint density at radius 1 is 1.38 bits per heavy atom. The molecule has 0 radical (unpaired) electrons. The highest BCUT2D eigenvalue weighted by Gasteiger charge is 2.21. The first kappa shape index (κ1) is 14.1. The second-order valence-electron chi connectivity index (χ2n) is 5.54. The lowest BCUT2D eigenvalue weighted by Crippen LogP contribution is -2.18. The molecule has 1 aliphatic rings. The number of imidazole rings is 1. The van der Waals surface area contributed by atoms with Gasteiger partial charge in [0.25, 0.3) is 0 Å². The number of nitrogens with zero attached hydrogens (tertiary/aromatic N) is 2. The smallest absolute Gasteiger partial charge is 0.122 e. The molecule has 0 aliphatic carbocycles. The van der Waals surface area contributed by atoms with Gasteiger partial charge in [0.2, 0.25) is 0 Å². The highest BCUT2D eigenvalue weighted by Crippen LogP contribution is 2.34. The Bertz CT molecular complexity index is 579. The molecule has 1 aromatic heterocycles. The van der Waals surface area contributed by atoms with Gasteiger partial charge in [0.1, 0.15) is 5.75 Å². The molecule has 1 unspecified atom stereocenters. The fourth-order valence-electron chi connectivity index (χ4n) is 2.89. The Balaban J connectivity index is 1.65. The van der Waals surface area contributed by atoms with Crippen molar-refractivity contribution in [2.24, 2.45) is 0 Å². The average Bonchev–Trinajstić information content (AvgIpc) is 2.96. The maximum Gasteiger partial charge on any atom is 0.122 e. The van der Waals surface area contributed by atoms with Crippen LogP contribution in [0.25, 0.3) is 0 Å². The third kappa shape index (κ3) is 3.45. The predicted molar refractivity (Wildman–Crippen MR) is 83.8 cm³/mol. The summed E-state index contributed by atoms with van der Waals surface area (Å²) in [5, 5.41) is 3.33.